The molecule has 0 unspecified atom stereocenters. The highest BCUT2D eigenvalue weighted by atomic mass is 16.2. The number of rotatable bonds is 4. The average Bonchev–Trinajstić information content (AvgIpc) is 2.48. The molecule has 0 radical (unpaired) electrons. The minimum atomic E-state index is -0.0330. The van der Waals surface area contributed by atoms with Crippen LogP contribution in [0.25, 0.3) is 0 Å². The van der Waals surface area contributed by atoms with Crippen molar-refractivity contribution in [1.29, 1.82) is 0 Å². The lowest BCUT2D eigenvalue weighted by Crippen LogP contribution is -2.38. The number of anilines is 1. The summed E-state index contributed by atoms with van der Waals surface area (Å²) in [6.07, 6.45) is 3.88. The van der Waals surface area contributed by atoms with Gasteiger partial charge in [0.1, 0.15) is 0 Å². The second-order valence-corrected chi connectivity index (χ2v) is 5.95. The largest absolute Gasteiger partial charge is 0.341 e. The first-order chi connectivity index (χ1) is 10.0. The van der Waals surface area contributed by atoms with E-state index in [1.54, 1.807) is 17.2 Å². The number of hydrazine groups is 1. The standard InChI is InChI=1S/C15H25N5O/c1-11-8-14(18-16)13(9-17-11)15(21)20(3)10-12-4-6-19(2)7-5-12/h8-9,12H,4-7,10,16H2,1-3H3,(H,17,18). The summed E-state index contributed by atoms with van der Waals surface area (Å²) in [5.41, 5.74) is 4.57. The van der Waals surface area contributed by atoms with Crippen molar-refractivity contribution >= 4 is 11.6 Å². The van der Waals surface area contributed by atoms with Gasteiger partial charge >= 0.3 is 0 Å². The van der Waals surface area contributed by atoms with E-state index in [-0.39, 0.29) is 5.91 Å². The van der Waals surface area contributed by atoms with E-state index >= 15 is 0 Å². The van der Waals surface area contributed by atoms with Crippen LogP contribution in [0.15, 0.2) is 12.3 Å². The summed E-state index contributed by atoms with van der Waals surface area (Å²) in [6, 6.07) is 1.79. The van der Waals surface area contributed by atoms with Gasteiger partial charge in [0.25, 0.3) is 5.91 Å². The second kappa shape index (κ2) is 6.87. The highest BCUT2D eigenvalue weighted by molar-refractivity contribution is 5.99. The molecule has 0 spiro atoms. The summed E-state index contributed by atoms with van der Waals surface area (Å²) in [4.78, 5) is 20.9. The number of aryl methyl sites for hydroxylation is 1. The Morgan fingerprint density at radius 1 is 1.52 bits per heavy atom. The summed E-state index contributed by atoms with van der Waals surface area (Å²) in [5, 5.41) is 0. The number of hydrogen-bond acceptors (Lipinski definition) is 5. The van der Waals surface area contributed by atoms with E-state index in [1.165, 1.54) is 0 Å². The van der Waals surface area contributed by atoms with Gasteiger partial charge in [-0.15, -0.1) is 0 Å². The number of carbonyl (C=O) groups is 1. The molecule has 1 aliphatic heterocycles. The number of pyridine rings is 1. The predicted molar refractivity (Wildman–Crippen MR) is 84.0 cm³/mol. The molecule has 0 bridgehead atoms. The Hall–Kier alpha value is -1.66. The van der Waals surface area contributed by atoms with Crippen LogP contribution in [0.5, 0.6) is 0 Å². The van der Waals surface area contributed by atoms with Crippen LogP contribution in [0, 0.1) is 12.8 Å². The molecule has 6 nitrogen and oxygen atoms in total. The van der Waals surface area contributed by atoms with Crippen LogP contribution in [0.1, 0.15) is 28.9 Å². The molecular weight excluding hydrogens is 266 g/mol. The number of aromatic nitrogens is 1. The third-order valence-corrected chi connectivity index (χ3v) is 4.14. The third-order valence-electron chi connectivity index (χ3n) is 4.14. The first kappa shape index (κ1) is 15.7. The molecule has 0 aliphatic carbocycles. The van der Waals surface area contributed by atoms with Gasteiger partial charge in [0.05, 0.1) is 11.3 Å². The van der Waals surface area contributed by atoms with Gasteiger partial charge < -0.3 is 15.2 Å². The van der Waals surface area contributed by atoms with Crippen molar-refractivity contribution in [2.45, 2.75) is 19.8 Å². The molecule has 0 atom stereocenters. The SMILES string of the molecule is Cc1cc(NN)c(C(=O)N(C)CC2CCN(C)CC2)cn1. The van der Waals surface area contributed by atoms with E-state index in [4.69, 9.17) is 5.84 Å². The van der Waals surface area contributed by atoms with Crippen LogP contribution in [-0.4, -0.2) is 54.4 Å². The molecule has 1 aromatic heterocycles. The van der Waals surface area contributed by atoms with E-state index in [9.17, 15) is 4.79 Å². The Bertz CT molecular complexity index is 497. The van der Waals surface area contributed by atoms with Crippen LogP contribution in [0.4, 0.5) is 5.69 Å². The number of likely N-dealkylation sites (tertiary alicyclic amines) is 1. The number of hydrogen-bond donors (Lipinski definition) is 2. The highest BCUT2D eigenvalue weighted by Gasteiger charge is 2.22. The van der Waals surface area contributed by atoms with Gasteiger partial charge in [-0.3, -0.25) is 15.6 Å². The lowest BCUT2D eigenvalue weighted by Gasteiger charge is -2.31. The quantitative estimate of drug-likeness (QED) is 0.641. The Kier molecular flexibility index (Phi) is 5.14. The van der Waals surface area contributed by atoms with E-state index in [2.05, 4.69) is 22.4 Å². The molecular formula is C15H25N5O. The van der Waals surface area contributed by atoms with Crippen molar-refractivity contribution < 1.29 is 4.79 Å². The molecule has 0 saturated carbocycles. The fraction of sp³-hybridized carbons (Fsp3) is 0.600. The smallest absolute Gasteiger partial charge is 0.257 e. The third kappa shape index (κ3) is 3.92. The number of carbonyl (C=O) groups excluding carboxylic acids is 1. The number of nitrogens with two attached hydrogens (primary N) is 1. The molecule has 1 fully saturated rings. The molecule has 1 amide bonds. The summed E-state index contributed by atoms with van der Waals surface area (Å²) < 4.78 is 0. The topological polar surface area (TPSA) is 74.5 Å². The molecule has 116 valence electrons. The Balaban J connectivity index is 2.02. The zero-order valence-electron chi connectivity index (χ0n) is 13.1. The maximum Gasteiger partial charge on any atom is 0.257 e. The molecule has 21 heavy (non-hydrogen) atoms. The van der Waals surface area contributed by atoms with Crippen molar-refractivity contribution in [1.82, 2.24) is 14.8 Å². The number of amides is 1. The molecule has 2 rings (SSSR count). The average molecular weight is 291 g/mol. The lowest BCUT2D eigenvalue weighted by atomic mass is 9.96. The van der Waals surface area contributed by atoms with Crippen LogP contribution >= 0.6 is 0 Å². The molecule has 1 aromatic rings. The van der Waals surface area contributed by atoms with Gasteiger partial charge in [-0.2, -0.15) is 0 Å². The first-order valence-corrected chi connectivity index (χ1v) is 7.38. The van der Waals surface area contributed by atoms with Crippen LogP contribution in [0.3, 0.4) is 0 Å². The maximum absolute atomic E-state index is 12.6. The Morgan fingerprint density at radius 2 is 2.19 bits per heavy atom. The second-order valence-electron chi connectivity index (χ2n) is 5.95. The Morgan fingerprint density at radius 3 is 2.81 bits per heavy atom. The number of nitrogens with one attached hydrogen (secondary N) is 1. The van der Waals surface area contributed by atoms with Gasteiger partial charge in [0, 0.05) is 25.5 Å². The zero-order chi connectivity index (χ0) is 15.4. The summed E-state index contributed by atoms with van der Waals surface area (Å²) in [6.45, 7) is 4.87. The number of piperidine rings is 1. The van der Waals surface area contributed by atoms with Crippen LogP contribution in [0.2, 0.25) is 0 Å². The zero-order valence-corrected chi connectivity index (χ0v) is 13.1. The summed E-state index contributed by atoms with van der Waals surface area (Å²) in [7, 11) is 3.99. The van der Waals surface area contributed by atoms with Crippen molar-refractivity contribution in [3.63, 3.8) is 0 Å². The Labute approximate surface area is 126 Å². The molecule has 2 heterocycles. The maximum atomic E-state index is 12.6. The summed E-state index contributed by atoms with van der Waals surface area (Å²) >= 11 is 0. The van der Waals surface area contributed by atoms with Gasteiger partial charge in [0.2, 0.25) is 0 Å². The molecule has 6 heteroatoms. The normalized spacial score (nSPS) is 16.8. The van der Waals surface area contributed by atoms with Gasteiger partial charge in [-0.05, 0) is 51.9 Å². The van der Waals surface area contributed by atoms with Crippen LogP contribution < -0.4 is 11.3 Å². The van der Waals surface area contributed by atoms with Gasteiger partial charge in [0.15, 0.2) is 0 Å². The fourth-order valence-electron chi connectivity index (χ4n) is 2.77. The minimum absolute atomic E-state index is 0.0330. The lowest BCUT2D eigenvalue weighted by molar-refractivity contribution is 0.0747. The van der Waals surface area contributed by atoms with E-state index in [0.29, 0.717) is 17.2 Å². The predicted octanol–water partition coefficient (Wildman–Crippen LogP) is 1.09. The highest BCUT2D eigenvalue weighted by Crippen LogP contribution is 2.20. The van der Waals surface area contributed by atoms with Crippen molar-refractivity contribution in [2.75, 3.05) is 39.2 Å². The van der Waals surface area contributed by atoms with Gasteiger partial charge in [-0.1, -0.05) is 0 Å². The molecule has 1 aliphatic rings. The molecule has 1 saturated heterocycles. The van der Waals surface area contributed by atoms with Crippen molar-refractivity contribution in [2.24, 2.45) is 11.8 Å². The van der Waals surface area contributed by atoms with Crippen molar-refractivity contribution in [3.05, 3.63) is 23.5 Å². The number of nitrogen functional groups attached to an aromatic ring is 1. The fourth-order valence-corrected chi connectivity index (χ4v) is 2.77. The monoisotopic (exact) mass is 291 g/mol. The molecule has 3 N–H and O–H groups in total. The van der Waals surface area contributed by atoms with Crippen LogP contribution in [-0.2, 0) is 0 Å². The summed E-state index contributed by atoms with van der Waals surface area (Å²) in [5.74, 6) is 6.04. The van der Waals surface area contributed by atoms with Gasteiger partial charge in [-0.25, -0.2) is 0 Å². The van der Waals surface area contributed by atoms with E-state index in [1.807, 2.05) is 14.0 Å². The van der Waals surface area contributed by atoms with E-state index < -0.39 is 0 Å². The first-order valence-electron chi connectivity index (χ1n) is 7.38. The van der Waals surface area contributed by atoms with Crippen molar-refractivity contribution in [3.8, 4) is 0 Å². The minimum Gasteiger partial charge on any atom is -0.341 e. The van der Waals surface area contributed by atoms with E-state index in [0.717, 1.165) is 38.2 Å². The number of nitrogens with zero attached hydrogens (tertiary/aromatic N) is 3. The molecule has 0 aromatic carbocycles.